The van der Waals surface area contributed by atoms with E-state index in [1.165, 1.54) is 0 Å². The van der Waals surface area contributed by atoms with Crippen LogP contribution < -0.4 is 5.14 Å². The molecule has 1 heterocycles. The van der Waals surface area contributed by atoms with Crippen molar-refractivity contribution in [2.45, 2.75) is 53.1 Å². The van der Waals surface area contributed by atoms with Crippen molar-refractivity contribution in [2.75, 3.05) is 0 Å². The largest absolute Gasteiger partial charge is 0.487 e. The molecule has 0 radical (unpaired) electrons. The maximum atomic E-state index is 9.95. The van der Waals surface area contributed by atoms with Gasteiger partial charge in [-0.1, -0.05) is 13.0 Å². The second-order valence-corrected chi connectivity index (χ2v) is 8.02. The van der Waals surface area contributed by atoms with Crippen LogP contribution in [0.25, 0.3) is 0 Å². The summed E-state index contributed by atoms with van der Waals surface area (Å²) in [4.78, 5) is 0.533. The second-order valence-electron chi connectivity index (χ2n) is 6.39. The predicted octanol–water partition coefficient (Wildman–Crippen LogP) is 4.32. The molecule has 0 aromatic heterocycles. The van der Waals surface area contributed by atoms with Crippen LogP contribution in [-0.2, 0) is 4.74 Å². The fourth-order valence-electron chi connectivity index (χ4n) is 3.12. The van der Waals surface area contributed by atoms with Crippen LogP contribution in [0.3, 0.4) is 0 Å². The van der Waals surface area contributed by atoms with Crippen LogP contribution in [0.5, 0.6) is 0 Å². The van der Waals surface area contributed by atoms with Crippen LogP contribution in [0.1, 0.15) is 47.5 Å². The molecule has 20 heavy (non-hydrogen) atoms. The van der Waals surface area contributed by atoms with Gasteiger partial charge in [-0.2, -0.15) is 0 Å². The van der Waals surface area contributed by atoms with Gasteiger partial charge in [-0.05, 0) is 57.3 Å². The molecule has 0 fully saturated rings. The Hall–Kier alpha value is -0.750. The van der Waals surface area contributed by atoms with E-state index in [1.54, 1.807) is 0 Å². The molecule has 0 spiro atoms. The first-order valence-corrected chi connectivity index (χ1v) is 8.52. The standard InChI is InChI=1S/C15H25NO3S/c1-9-8-10(2)14(20(16,17)18)11(3)12-6-7-15(4,5)19-13(9)12/h8,10,17-18H,6-7,16H2,1-5H3. The van der Waals surface area contributed by atoms with Gasteiger partial charge in [-0.25, -0.2) is 5.14 Å². The Bertz CT molecular complexity index is 524. The van der Waals surface area contributed by atoms with E-state index in [4.69, 9.17) is 9.88 Å². The normalized spacial score (nSPS) is 27.6. The highest BCUT2D eigenvalue weighted by atomic mass is 32.3. The molecule has 1 unspecified atom stereocenters. The van der Waals surface area contributed by atoms with Crippen molar-refractivity contribution < 1.29 is 13.8 Å². The molecular formula is C15H25NO3S. The molecule has 0 bridgehead atoms. The van der Waals surface area contributed by atoms with E-state index in [9.17, 15) is 9.11 Å². The average Bonchev–Trinajstić information content (AvgIpc) is 2.32. The van der Waals surface area contributed by atoms with Crippen LogP contribution in [0.15, 0.2) is 33.5 Å². The number of ether oxygens (including phenoxy) is 1. The molecule has 4 N–H and O–H groups in total. The summed E-state index contributed by atoms with van der Waals surface area (Å²) in [6.45, 7) is 10.0. The Morgan fingerprint density at radius 1 is 1.35 bits per heavy atom. The van der Waals surface area contributed by atoms with Gasteiger partial charge >= 0.3 is 0 Å². The van der Waals surface area contributed by atoms with E-state index >= 15 is 0 Å². The maximum absolute atomic E-state index is 9.95. The lowest BCUT2D eigenvalue weighted by Crippen LogP contribution is -2.29. The van der Waals surface area contributed by atoms with Gasteiger partial charge < -0.3 is 4.74 Å². The fourth-order valence-corrected chi connectivity index (χ4v) is 4.31. The van der Waals surface area contributed by atoms with Gasteiger partial charge in [0.1, 0.15) is 11.4 Å². The van der Waals surface area contributed by atoms with Crippen molar-refractivity contribution in [1.29, 1.82) is 0 Å². The van der Waals surface area contributed by atoms with Gasteiger partial charge in [0.15, 0.2) is 0 Å². The zero-order valence-electron chi connectivity index (χ0n) is 12.9. The van der Waals surface area contributed by atoms with E-state index < -0.39 is 10.8 Å². The summed E-state index contributed by atoms with van der Waals surface area (Å²) in [6.07, 6.45) is 3.77. The summed E-state index contributed by atoms with van der Waals surface area (Å²) in [5.41, 5.74) is 2.78. The van der Waals surface area contributed by atoms with E-state index in [-0.39, 0.29) is 11.5 Å². The Morgan fingerprint density at radius 2 is 1.95 bits per heavy atom. The third-order valence-corrected chi connectivity index (χ3v) is 5.37. The molecule has 2 aliphatic rings. The SMILES string of the molecule is CC1=CC(C)C(S(N)(O)O)=C(C)C2=C1OC(C)(C)CC2. The van der Waals surface area contributed by atoms with Crippen molar-refractivity contribution >= 4 is 10.8 Å². The van der Waals surface area contributed by atoms with Gasteiger partial charge in [0.25, 0.3) is 0 Å². The first kappa shape index (κ1) is 15.6. The van der Waals surface area contributed by atoms with Crippen molar-refractivity contribution in [3.05, 3.63) is 33.5 Å². The molecular weight excluding hydrogens is 274 g/mol. The summed E-state index contributed by atoms with van der Waals surface area (Å²) in [5.74, 6) is 0.770. The third-order valence-electron chi connectivity index (χ3n) is 4.05. The predicted molar refractivity (Wildman–Crippen MR) is 84.1 cm³/mol. The summed E-state index contributed by atoms with van der Waals surface area (Å²) in [6, 6.07) is 0. The molecule has 1 aliphatic carbocycles. The van der Waals surface area contributed by atoms with Gasteiger partial charge in [-0.15, -0.1) is 10.8 Å². The Kier molecular flexibility index (Phi) is 3.84. The summed E-state index contributed by atoms with van der Waals surface area (Å²) < 4.78 is 26.0. The monoisotopic (exact) mass is 299 g/mol. The second kappa shape index (κ2) is 4.91. The fraction of sp³-hybridized carbons (Fsp3) is 0.600. The zero-order chi connectivity index (χ0) is 15.3. The van der Waals surface area contributed by atoms with Crippen molar-refractivity contribution in [2.24, 2.45) is 11.1 Å². The minimum Gasteiger partial charge on any atom is -0.487 e. The van der Waals surface area contributed by atoms with E-state index in [1.807, 2.05) is 26.8 Å². The van der Waals surface area contributed by atoms with E-state index in [0.717, 1.165) is 35.3 Å². The Balaban J connectivity index is 2.62. The molecule has 0 amide bonds. The number of rotatable bonds is 1. The summed E-state index contributed by atoms with van der Waals surface area (Å²) in [5, 5.41) is 5.62. The van der Waals surface area contributed by atoms with Crippen molar-refractivity contribution in [3.8, 4) is 0 Å². The molecule has 1 atom stereocenters. The van der Waals surface area contributed by atoms with Gasteiger partial charge in [0.05, 0.1) is 4.91 Å². The molecule has 0 saturated heterocycles. The van der Waals surface area contributed by atoms with Gasteiger partial charge in [-0.3, -0.25) is 9.11 Å². The third kappa shape index (κ3) is 2.81. The molecule has 0 aromatic carbocycles. The van der Waals surface area contributed by atoms with Gasteiger partial charge in [0.2, 0.25) is 0 Å². The number of allylic oxidation sites excluding steroid dienone is 5. The smallest absolute Gasteiger partial charge is 0.126 e. The Morgan fingerprint density at radius 3 is 2.50 bits per heavy atom. The number of hydrogen-bond acceptors (Lipinski definition) is 4. The van der Waals surface area contributed by atoms with Crippen LogP contribution in [-0.4, -0.2) is 14.7 Å². The zero-order valence-corrected chi connectivity index (χ0v) is 13.7. The first-order valence-electron chi connectivity index (χ1n) is 6.91. The lowest BCUT2D eigenvalue weighted by Gasteiger charge is -2.36. The maximum Gasteiger partial charge on any atom is 0.126 e. The van der Waals surface area contributed by atoms with E-state index in [0.29, 0.717) is 4.91 Å². The minimum absolute atomic E-state index is 0.109. The lowest BCUT2D eigenvalue weighted by molar-refractivity contribution is 0.0182. The van der Waals surface area contributed by atoms with Crippen LogP contribution in [0.2, 0.25) is 0 Å². The number of hydrogen-bond donors (Lipinski definition) is 3. The highest BCUT2D eigenvalue weighted by Crippen LogP contribution is 2.51. The van der Waals surface area contributed by atoms with Crippen LogP contribution >= 0.6 is 10.8 Å². The highest BCUT2D eigenvalue weighted by Gasteiger charge is 2.34. The molecule has 114 valence electrons. The molecule has 1 aliphatic heterocycles. The first-order chi connectivity index (χ1) is 9.03. The topological polar surface area (TPSA) is 75.7 Å². The molecule has 0 saturated carbocycles. The summed E-state index contributed by atoms with van der Waals surface area (Å²) >= 11 is 0. The minimum atomic E-state index is -3.21. The highest BCUT2D eigenvalue weighted by molar-refractivity contribution is 8.25. The quantitative estimate of drug-likeness (QED) is 0.674. The van der Waals surface area contributed by atoms with Crippen LogP contribution in [0, 0.1) is 5.92 Å². The van der Waals surface area contributed by atoms with Crippen molar-refractivity contribution in [3.63, 3.8) is 0 Å². The van der Waals surface area contributed by atoms with E-state index in [2.05, 4.69) is 13.8 Å². The Labute approximate surface area is 122 Å². The van der Waals surface area contributed by atoms with Gasteiger partial charge in [0, 0.05) is 5.92 Å². The van der Waals surface area contributed by atoms with Crippen molar-refractivity contribution in [1.82, 2.24) is 0 Å². The number of nitrogens with two attached hydrogens (primary N) is 1. The molecule has 2 rings (SSSR count). The molecule has 0 aromatic rings. The average molecular weight is 299 g/mol. The lowest BCUT2D eigenvalue weighted by atomic mass is 9.90. The van der Waals surface area contributed by atoms with Crippen LogP contribution in [0.4, 0.5) is 0 Å². The molecule has 4 nitrogen and oxygen atoms in total. The molecule has 5 heteroatoms. The summed E-state index contributed by atoms with van der Waals surface area (Å²) in [7, 11) is -3.21.